The molecule has 0 saturated carbocycles. The van der Waals surface area contributed by atoms with Crippen LogP contribution in [0.1, 0.15) is 37.3 Å². The van der Waals surface area contributed by atoms with E-state index in [9.17, 15) is 4.79 Å². The zero-order chi connectivity index (χ0) is 8.43. The Morgan fingerprint density at radius 2 is 2.18 bits per heavy atom. The second-order valence-electron chi connectivity index (χ2n) is 2.87. The van der Waals surface area contributed by atoms with Crippen LogP contribution >= 0.6 is 11.3 Å². The number of rotatable bonds is 2. The van der Waals surface area contributed by atoms with Gasteiger partial charge < -0.3 is 4.98 Å². The molecule has 0 aromatic carbocycles. The first-order valence-electron chi connectivity index (χ1n) is 3.87. The van der Waals surface area contributed by atoms with Gasteiger partial charge in [-0.25, -0.2) is 0 Å². The molecule has 1 aromatic heterocycles. The Morgan fingerprint density at radius 1 is 1.55 bits per heavy atom. The van der Waals surface area contributed by atoms with Gasteiger partial charge in [0, 0.05) is 10.6 Å². The highest BCUT2D eigenvalue weighted by Gasteiger charge is 2.08. The summed E-state index contributed by atoms with van der Waals surface area (Å²) in [6.07, 6.45) is 0.923. The number of thiazole rings is 1. The molecule has 0 aliphatic carbocycles. The van der Waals surface area contributed by atoms with Crippen molar-refractivity contribution in [3.8, 4) is 0 Å². The molecular formula is C8H13NOS. The molecule has 0 fully saturated rings. The second kappa shape index (κ2) is 3.22. The van der Waals surface area contributed by atoms with Gasteiger partial charge in [-0.3, -0.25) is 4.79 Å². The Hall–Kier alpha value is -0.570. The summed E-state index contributed by atoms with van der Waals surface area (Å²) in [6, 6.07) is 0. The van der Waals surface area contributed by atoms with Crippen LogP contribution in [0, 0.1) is 0 Å². The van der Waals surface area contributed by atoms with Crippen molar-refractivity contribution in [3.05, 3.63) is 20.2 Å². The van der Waals surface area contributed by atoms with E-state index in [0.717, 1.165) is 12.1 Å². The fourth-order valence-corrected chi connectivity index (χ4v) is 2.03. The Bertz CT molecular complexity index is 285. The monoisotopic (exact) mass is 171 g/mol. The number of hydrogen-bond donors (Lipinski definition) is 1. The fraction of sp³-hybridized carbons (Fsp3) is 0.625. The molecule has 1 heterocycles. The predicted molar refractivity (Wildman–Crippen MR) is 48.4 cm³/mol. The molecule has 0 spiro atoms. The zero-order valence-electron chi connectivity index (χ0n) is 7.10. The van der Waals surface area contributed by atoms with Gasteiger partial charge in [0.15, 0.2) is 0 Å². The number of hydrogen-bond acceptors (Lipinski definition) is 2. The van der Waals surface area contributed by atoms with Gasteiger partial charge in [0.25, 0.3) is 0 Å². The summed E-state index contributed by atoms with van der Waals surface area (Å²) in [5.74, 6) is 0.467. The Labute approximate surface area is 70.3 Å². The average molecular weight is 171 g/mol. The quantitative estimate of drug-likeness (QED) is 0.726. The van der Waals surface area contributed by atoms with Gasteiger partial charge in [-0.2, -0.15) is 0 Å². The maximum Gasteiger partial charge on any atom is 0.304 e. The summed E-state index contributed by atoms with van der Waals surface area (Å²) in [6.45, 7) is 6.28. The van der Waals surface area contributed by atoms with Crippen LogP contribution in [0.5, 0.6) is 0 Å². The minimum Gasteiger partial charge on any atom is -0.316 e. The van der Waals surface area contributed by atoms with Crippen molar-refractivity contribution in [2.75, 3.05) is 0 Å². The van der Waals surface area contributed by atoms with E-state index in [0.29, 0.717) is 5.92 Å². The van der Waals surface area contributed by atoms with Gasteiger partial charge in [0.1, 0.15) is 0 Å². The molecule has 0 bridgehead atoms. The molecule has 1 N–H and O–H groups in total. The lowest BCUT2D eigenvalue weighted by molar-refractivity contribution is 0.855. The molecule has 0 radical (unpaired) electrons. The van der Waals surface area contributed by atoms with Crippen molar-refractivity contribution in [1.29, 1.82) is 0 Å². The number of H-pyrrole nitrogens is 1. The van der Waals surface area contributed by atoms with E-state index in [1.165, 1.54) is 16.2 Å². The molecule has 1 aromatic rings. The third kappa shape index (κ3) is 1.71. The van der Waals surface area contributed by atoms with Crippen molar-refractivity contribution < 1.29 is 0 Å². The summed E-state index contributed by atoms with van der Waals surface area (Å²) in [7, 11) is 0. The Morgan fingerprint density at radius 3 is 2.55 bits per heavy atom. The van der Waals surface area contributed by atoms with Crippen LogP contribution < -0.4 is 4.87 Å². The number of aromatic nitrogens is 1. The van der Waals surface area contributed by atoms with Crippen LogP contribution in [0.15, 0.2) is 4.79 Å². The standard InChI is InChI=1S/C8H13NOS/c1-4-6-7(5(2)3)11-8(10)9-6/h5H,4H2,1-3H3,(H,9,10). The molecule has 2 nitrogen and oxygen atoms in total. The summed E-state index contributed by atoms with van der Waals surface area (Å²) < 4.78 is 0. The minimum absolute atomic E-state index is 0.0746. The highest BCUT2D eigenvalue weighted by Crippen LogP contribution is 2.20. The first kappa shape index (κ1) is 8.53. The van der Waals surface area contributed by atoms with E-state index in [-0.39, 0.29) is 4.87 Å². The van der Waals surface area contributed by atoms with Crippen molar-refractivity contribution in [1.82, 2.24) is 4.98 Å². The SMILES string of the molecule is CCc1[nH]c(=O)sc1C(C)C. The smallest absolute Gasteiger partial charge is 0.304 e. The van der Waals surface area contributed by atoms with E-state index in [2.05, 4.69) is 25.8 Å². The van der Waals surface area contributed by atoms with E-state index in [4.69, 9.17) is 0 Å². The van der Waals surface area contributed by atoms with E-state index >= 15 is 0 Å². The molecule has 0 aliphatic rings. The maximum atomic E-state index is 10.9. The van der Waals surface area contributed by atoms with Gasteiger partial charge >= 0.3 is 4.87 Å². The first-order chi connectivity index (χ1) is 5.15. The number of nitrogens with one attached hydrogen (secondary N) is 1. The molecule has 1 rings (SSSR count). The molecular weight excluding hydrogens is 158 g/mol. The van der Waals surface area contributed by atoms with Crippen molar-refractivity contribution in [3.63, 3.8) is 0 Å². The van der Waals surface area contributed by atoms with Crippen LogP contribution in [0.3, 0.4) is 0 Å². The van der Waals surface area contributed by atoms with Gasteiger partial charge in [-0.1, -0.05) is 32.1 Å². The van der Waals surface area contributed by atoms with Crippen LogP contribution in [0.25, 0.3) is 0 Å². The van der Waals surface area contributed by atoms with Gasteiger partial charge in [-0.15, -0.1) is 0 Å². The van der Waals surface area contributed by atoms with Crippen LogP contribution in [0.4, 0.5) is 0 Å². The van der Waals surface area contributed by atoms with Crippen LogP contribution in [0.2, 0.25) is 0 Å². The minimum atomic E-state index is 0.0746. The molecule has 3 heteroatoms. The van der Waals surface area contributed by atoms with E-state index < -0.39 is 0 Å². The maximum absolute atomic E-state index is 10.9. The Balaban J connectivity index is 3.12. The number of aryl methyl sites for hydroxylation is 1. The Kier molecular flexibility index (Phi) is 2.49. The molecule has 0 amide bonds. The lowest BCUT2D eigenvalue weighted by Crippen LogP contribution is -1.94. The lowest BCUT2D eigenvalue weighted by atomic mass is 10.1. The second-order valence-corrected chi connectivity index (χ2v) is 3.88. The molecule has 0 saturated heterocycles. The first-order valence-corrected chi connectivity index (χ1v) is 4.68. The van der Waals surface area contributed by atoms with Gasteiger partial charge in [0.2, 0.25) is 0 Å². The fourth-order valence-electron chi connectivity index (χ4n) is 1.10. The molecule has 11 heavy (non-hydrogen) atoms. The zero-order valence-corrected chi connectivity index (χ0v) is 7.92. The lowest BCUT2D eigenvalue weighted by Gasteiger charge is -2.01. The average Bonchev–Trinajstić information content (AvgIpc) is 2.30. The highest BCUT2D eigenvalue weighted by molar-refractivity contribution is 7.09. The van der Waals surface area contributed by atoms with Gasteiger partial charge in [-0.05, 0) is 12.3 Å². The molecule has 0 unspecified atom stereocenters. The summed E-state index contributed by atoms with van der Waals surface area (Å²) >= 11 is 1.34. The van der Waals surface area contributed by atoms with Crippen molar-refractivity contribution in [2.24, 2.45) is 0 Å². The van der Waals surface area contributed by atoms with Crippen molar-refractivity contribution >= 4 is 11.3 Å². The highest BCUT2D eigenvalue weighted by atomic mass is 32.1. The normalized spacial score (nSPS) is 10.9. The topological polar surface area (TPSA) is 32.9 Å². The van der Waals surface area contributed by atoms with E-state index in [1.807, 2.05) is 0 Å². The van der Waals surface area contributed by atoms with Crippen LogP contribution in [-0.2, 0) is 6.42 Å². The summed E-state index contributed by atoms with van der Waals surface area (Å²) in [5.41, 5.74) is 1.11. The van der Waals surface area contributed by atoms with Crippen LogP contribution in [-0.4, -0.2) is 4.98 Å². The molecule has 62 valence electrons. The van der Waals surface area contributed by atoms with Gasteiger partial charge in [0.05, 0.1) is 0 Å². The van der Waals surface area contributed by atoms with E-state index in [1.54, 1.807) is 0 Å². The summed E-state index contributed by atoms with van der Waals surface area (Å²) in [5, 5.41) is 0. The van der Waals surface area contributed by atoms with Crippen molar-refractivity contribution in [2.45, 2.75) is 33.1 Å². The third-order valence-corrected chi connectivity index (χ3v) is 2.86. The largest absolute Gasteiger partial charge is 0.316 e. The predicted octanol–water partition coefficient (Wildman–Crippen LogP) is 2.12. The summed E-state index contributed by atoms with van der Waals surface area (Å²) in [4.78, 5) is 15.1. The molecule has 0 aliphatic heterocycles. The third-order valence-electron chi connectivity index (χ3n) is 1.63. The molecule has 0 atom stereocenters. The number of aromatic amines is 1.